The Labute approximate surface area is 186 Å². The molecule has 4 rings (SSSR count). The van der Waals surface area contributed by atoms with Crippen molar-refractivity contribution in [1.29, 1.82) is 0 Å². The van der Waals surface area contributed by atoms with Crippen LogP contribution in [0.25, 0.3) is 16.6 Å². The largest absolute Gasteiger partial charge is 0.392 e. The molecule has 0 aliphatic carbocycles. The number of aliphatic hydroxyl groups is 1. The number of benzene rings is 2. The molecule has 0 bridgehead atoms. The summed E-state index contributed by atoms with van der Waals surface area (Å²) in [5.41, 5.74) is 9.09. The molecule has 2 heterocycles. The van der Waals surface area contributed by atoms with Crippen LogP contribution in [0.2, 0.25) is 10.0 Å². The van der Waals surface area contributed by atoms with Gasteiger partial charge in [-0.25, -0.2) is 13.9 Å². The number of hydrogen-bond donors (Lipinski definition) is 3. The van der Waals surface area contributed by atoms with Crippen LogP contribution in [0.3, 0.4) is 0 Å². The molecule has 4 N–H and O–H groups in total. The second kappa shape index (κ2) is 8.31. The van der Waals surface area contributed by atoms with E-state index in [1.54, 1.807) is 34.8 Å². The van der Waals surface area contributed by atoms with Gasteiger partial charge in [0.2, 0.25) is 0 Å². The second-order valence-corrected chi connectivity index (χ2v) is 8.17. The summed E-state index contributed by atoms with van der Waals surface area (Å²) >= 11 is 13.5. The first kappa shape index (κ1) is 20.7. The topological polar surface area (TPSA) is 88.5 Å². The van der Waals surface area contributed by atoms with E-state index in [4.69, 9.17) is 28.9 Å². The summed E-state index contributed by atoms with van der Waals surface area (Å²) in [5, 5.41) is 14.4. The van der Waals surface area contributed by atoms with E-state index in [1.165, 1.54) is 6.33 Å². The zero-order chi connectivity index (χ0) is 21.4. The van der Waals surface area contributed by atoms with Gasteiger partial charge in [-0.2, -0.15) is 5.10 Å². The highest BCUT2D eigenvalue weighted by atomic mass is 35.5. The van der Waals surface area contributed by atoms with Gasteiger partial charge in [0.15, 0.2) is 11.6 Å². The number of halogens is 3. The van der Waals surface area contributed by atoms with Crippen LogP contribution in [0.5, 0.6) is 0 Å². The normalized spacial score (nSPS) is 11.2. The Morgan fingerprint density at radius 2 is 2.03 bits per heavy atom. The lowest BCUT2D eigenvalue weighted by molar-refractivity contribution is 0.281. The molecule has 4 aromatic rings. The first-order chi connectivity index (χ1) is 14.4. The molecular formula is C20H16Cl2FN5OS. The van der Waals surface area contributed by atoms with E-state index >= 15 is 4.39 Å². The van der Waals surface area contributed by atoms with E-state index in [-0.39, 0.29) is 18.1 Å². The lowest BCUT2D eigenvalue weighted by atomic mass is 10.1. The molecule has 154 valence electrons. The van der Waals surface area contributed by atoms with Gasteiger partial charge in [-0.3, -0.25) is 0 Å². The summed E-state index contributed by atoms with van der Waals surface area (Å²) < 4.78 is 20.0. The van der Waals surface area contributed by atoms with Crippen molar-refractivity contribution in [2.75, 3.05) is 10.5 Å². The second-order valence-electron chi connectivity index (χ2n) is 6.51. The van der Waals surface area contributed by atoms with Crippen molar-refractivity contribution < 1.29 is 9.50 Å². The fraction of sp³-hybridized carbons (Fsp3) is 0.100. The van der Waals surface area contributed by atoms with Crippen LogP contribution in [-0.2, 0) is 6.61 Å². The third-order valence-corrected chi connectivity index (χ3v) is 6.21. The molecule has 10 heteroatoms. The lowest BCUT2D eigenvalue weighted by Crippen LogP contribution is -2.01. The van der Waals surface area contributed by atoms with Crippen LogP contribution in [0.15, 0.2) is 47.6 Å². The van der Waals surface area contributed by atoms with Crippen LogP contribution in [0, 0.1) is 12.7 Å². The molecule has 0 amide bonds. The molecule has 0 radical (unpaired) electrons. The van der Waals surface area contributed by atoms with E-state index < -0.39 is 5.82 Å². The summed E-state index contributed by atoms with van der Waals surface area (Å²) in [7, 11) is 0. The van der Waals surface area contributed by atoms with Crippen LogP contribution in [-0.4, -0.2) is 19.7 Å². The summed E-state index contributed by atoms with van der Waals surface area (Å²) in [6.07, 6.45) is 1.36. The molecule has 0 spiro atoms. The number of aromatic nitrogens is 3. The zero-order valence-electron chi connectivity index (χ0n) is 15.7. The maximum absolute atomic E-state index is 15.4. The predicted octanol–water partition coefficient (Wildman–Crippen LogP) is 5.34. The van der Waals surface area contributed by atoms with E-state index in [0.717, 1.165) is 17.6 Å². The molecule has 30 heavy (non-hydrogen) atoms. The number of nitrogen functional groups attached to an aromatic ring is 1. The number of nitrogens with one attached hydrogen (secondary N) is 1. The molecule has 6 nitrogen and oxygen atoms in total. The predicted molar refractivity (Wildman–Crippen MR) is 119 cm³/mol. The number of rotatable bonds is 5. The number of anilines is 2. The Hall–Kier alpha value is -2.52. The summed E-state index contributed by atoms with van der Waals surface area (Å²) in [6, 6.07) is 10.1. The van der Waals surface area contributed by atoms with Gasteiger partial charge in [0.1, 0.15) is 11.8 Å². The Morgan fingerprint density at radius 3 is 2.80 bits per heavy atom. The van der Waals surface area contributed by atoms with Gasteiger partial charge in [-0.15, -0.1) is 0 Å². The number of nitrogens with zero attached hydrogens (tertiary/aromatic N) is 3. The maximum Gasteiger partial charge on any atom is 0.155 e. The molecule has 0 unspecified atom stereocenters. The van der Waals surface area contributed by atoms with Crippen LogP contribution < -0.4 is 10.5 Å². The quantitative estimate of drug-likeness (QED) is 0.346. The molecule has 0 saturated heterocycles. The SMILES string of the molecule is Cc1cc(-c2cccc(NSc3cc(Cl)cc(CO)c3Cl)c2F)c2c(N)ncnn12. The highest BCUT2D eigenvalue weighted by Gasteiger charge is 2.18. The molecule has 0 atom stereocenters. The monoisotopic (exact) mass is 463 g/mol. The highest BCUT2D eigenvalue weighted by Crippen LogP contribution is 2.37. The van der Waals surface area contributed by atoms with Crippen molar-refractivity contribution in [3.8, 4) is 11.1 Å². The molecule has 0 fully saturated rings. The van der Waals surface area contributed by atoms with Crippen LogP contribution in [0.1, 0.15) is 11.3 Å². The van der Waals surface area contributed by atoms with Gasteiger partial charge in [0, 0.05) is 26.7 Å². The fourth-order valence-electron chi connectivity index (χ4n) is 3.17. The summed E-state index contributed by atoms with van der Waals surface area (Å²) in [4.78, 5) is 4.60. The van der Waals surface area contributed by atoms with Crippen molar-refractivity contribution in [1.82, 2.24) is 14.6 Å². The van der Waals surface area contributed by atoms with Gasteiger partial charge in [0.05, 0.1) is 17.3 Å². The van der Waals surface area contributed by atoms with Crippen molar-refractivity contribution in [2.45, 2.75) is 18.4 Å². The van der Waals surface area contributed by atoms with Crippen LogP contribution >= 0.6 is 35.1 Å². The molecule has 2 aromatic heterocycles. The van der Waals surface area contributed by atoms with E-state index in [0.29, 0.717) is 37.1 Å². The summed E-state index contributed by atoms with van der Waals surface area (Å²) in [5.74, 6) is -0.191. The van der Waals surface area contributed by atoms with E-state index in [9.17, 15) is 5.11 Å². The van der Waals surface area contributed by atoms with E-state index in [2.05, 4.69) is 14.8 Å². The number of hydrogen-bond acceptors (Lipinski definition) is 6. The van der Waals surface area contributed by atoms with Crippen molar-refractivity contribution in [3.05, 3.63) is 69.8 Å². The Kier molecular flexibility index (Phi) is 5.75. The number of nitrogens with two attached hydrogens (primary N) is 1. The Bertz CT molecular complexity index is 1260. The number of fused-ring (bicyclic) bond motifs is 1. The van der Waals surface area contributed by atoms with Gasteiger partial charge < -0.3 is 15.6 Å². The minimum atomic E-state index is -0.457. The minimum Gasteiger partial charge on any atom is -0.392 e. The third-order valence-electron chi connectivity index (χ3n) is 4.57. The standard InChI is InChI=1S/C20H16Cl2FN5OS/c1-10-5-14(19-20(24)25-9-26-28(10)19)13-3-2-4-15(18(13)23)27-30-16-7-12(21)6-11(8-29)17(16)22/h2-7,9,27,29H,8H2,1H3,(H2,24,25,26). The van der Waals surface area contributed by atoms with Crippen molar-refractivity contribution in [2.24, 2.45) is 0 Å². The van der Waals surface area contributed by atoms with Gasteiger partial charge in [-0.05, 0) is 48.7 Å². The fourth-order valence-corrected chi connectivity index (χ4v) is 4.54. The molecular weight excluding hydrogens is 448 g/mol. The summed E-state index contributed by atoms with van der Waals surface area (Å²) in [6.45, 7) is 1.61. The van der Waals surface area contributed by atoms with Crippen LogP contribution in [0.4, 0.5) is 15.9 Å². The zero-order valence-corrected chi connectivity index (χ0v) is 18.0. The highest BCUT2D eigenvalue weighted by molar-refractivity contribution is 8.00. The molecule has 0 aliphatic heterocycles. The lowest BCUT2D eigenvalue weighted by Gasteiger charge is -2.12. The van der Waals surface area contributed by atoms with Gasteiger partial charge in [0.25, 0.3) is 0 Å². The Morgan fingerprint density at radius 1 is 1.23 bits per heavy atom. The molecule has 0 aliphatic rings. The third kappa shape index (κ3) is 3.67. The maximum atomic E-state index is 15.4. The van der Waals surface area contributed by atoms with Crippen molar-refractivity contribution >= 4 is 52.2 Å². The molecule has 0 saturated carbocycles. The number of aliphatic hydroxyl groups excluding tert-OH is 1. The average molecular weight is 464 g/mol. The first-order valence-electron chi connectivity index (χ1n) is 8.80. The first-order valence-corrected chi connectivity index (χ1v) is 10.4. The Balaban J connectivity index is 1.71. The number of aryl methyl sites for hydroxylation is 1. The van der Waals surface area contributed by atoms with Gasteiger partial charge >= 0.3 is 0 Å². The average Bonchev–Trinajstić information content (AvgIpc) is 3.07. The van der Waals surface area contributed by atoms with E-state index in [1.807, 2.05) is 13.0 Å². The van der Waals surface area contributed by atoms with Crippen molar-refractivity contribution in [3.63, 3.8) is 0 Å². The smallest absolute Gasteiger partial charge is 0.155 e. The molecule has 2 aromatic carbocycles. The van der Waals surface area contributed by atoms with Gasteiger partial charge in [-0.1, -0.05) is 35.3 Å². The minimum absolute atomic E-state index is 0.249.